The summed E-state index contributed by atoms with van der Waals surface area (Å²) in [5, 5.41) is 0. The Kier molecular flexibility index (Phi) is 7.40. The van der Waals surface area contributed by atoms with Crippen molar-refractivity contribution < 1.29 is 9.47 Å². The molecular weight excluding hydrogens is 436 g/mol. The Bertz CT molecular complexity index is 664. The number of ether oxygens (including phenoxy) is 2. The smallest absolute Gasteiger partial charge is 0.176 e. The highest BCUT2D eigenvalue weighted by Gasteiger charge is 2.18. The van der Waals surface area contributed by atoms with Crippen LogP contribution in [0.1, 0.15) is 26.3 Å². The molecule has 2 aromatic rings. The van der Waals surface area contributed by atoms with Crippen LogP contribution < -0.4 is 20.3 Å². The van der Waals surface area contributed by atoms with Gasteiger partial charge >= 0.3 is 0 Å². The van der Waals surface area contributed by atoms with Crippen molar-refractivity contribution in [1.82, 2.24) is 5.43 Å². The van der Waals surface area contributed by atoms with Crippen LogP contribution in [0.4, 0.5) is 5.69 Å². The molecule has 0 aliphatic carbocycles. The Morgan fingerprint density at radius 2 is 1.79 bits per heavy atom. The van der Waals surface area contributed by atoms with Crippen molar-refractivity contribution in [3.05, 3.63) is 50.9 Å². The fourth-order valence-electron chi connectivity index (χ4n) is 2.14. The number of hydrazine groups is 1. The molecule has 0 unspecified atom stereocenters. The van der Waals surface area contributed by atoms with Crippen LogP contribution in [0.25, 0.3) is 0 Å². The monoisotopic (exact) mass is 456 g/mol. The first-order valence-corrected chi connectivity index (χ1v) is 9.45. The van der Waals surface area contributed by atoms with Crippen LogP contribution in [0.5, 0.6) is 11.5 Å². The number of benzene rings is 2. The second-order valence-corrected chi connectivity index (χ2v) is 7.02. The lowest BCUT2D eigenvalue weighted by Crippen LogP contribution is -2.21. The van der Waals surface area contributed by atoms with E-state index in [4.69, 9.17) is 9.47 Å². The van der Waals surface area contributed by atoms with Crippen molar-refractivity contribution in [2.24, 2.45) is 0 Å². The molecule has 4 nitrogen and oxygen atoms in total. The number of nitrogens with one attached hydrogen (secondary N) is 2. The molecule has 0 aliphatic heterocycles. The van der Waals surface area contributed by atoms with E-state index in [9.17, 15) is 0 Å². The van der Waals surface area contributed by atoms with Crippen LogP contribution in [-0.4, -0.2) is 12.7 Å². The standard InChI is InChI=1S/C18H22Br2N2O2/c1-4-23-15-10-13(11-21-22-14-8-6-5-7-9-14)16(19)17(20)18(15)24-12(2)3/h5-10,12,21-22H,4,11H2,1-3H3. The third-order valence-corrected chi connectivity index (χ3v) is 5.34. The lowest BCUT2D eigenvalue weighted by molar-refractivity contribution is 0.222. The molecule has 0 bridgehead atoms. The second-order valence-electron chi connectivity index (χ2n) is 5.44. The van der Waals surface area contributed by atoms with Gasteiger partial charge in [-0.1, -0.05) is 18.2 Å². The minimum absolute atomic E-state index is 0.0659. The van der Waals surface area contributed by atoms with E-state index in [1.165, 1.54) is 0 Å². The minimum Gasteiger partial charge on any atom is -0.490 e. The molecule has 0 heterocycles. The highest BCUT2D eigenvalue weighted by Crippen LogP contribution is 2.43. The average Bonchev–Trinajstić information content (AvgIpc) is 2.56. The molecule has 0 saturated carbocycles. The van der Waals surface area contributed by atoms with Gasteiger partial charge in [0.1, 0.15) is 0 Å². The molecule has 130 valence electrons. The Balaban J connectivity index is 2.17. The van der Waals surface area contributed by atoms with Gasteiger partial charge in [-0.05, 0) is 76.4 Å². The summed E-state index contributed by atoms with van der Waals surface area (Å²) in [7, 11) is 0. The fourth-order valence-corrected chi connectivity index (χ4v) is 3.11. The van der Waals surface area contributed by atoms with Crippen molar-refractivity contribution in [3.63, 3.8) is 0 Å². The molecule has 0 aliphatic rings. The molecule has 0 aromatic heterocycles. The van der Waals surface area contributed by atoms with E-state index in [1.54, 1.807) is 0 Å². The second kappa shape index (κ2) is 9.30. The van der Waals surface area contributed by atoms with E-state index in [0.717, 1.165) is 31.7 Å². The third kappa shape index (κ3) is 5.13. The minimum atomic E-state index is 0.0659. The van der Waals surface area contributed by atoms with Gasteiger partial charge in [0, 0.05) is 16.7 Å². The van der Waals surface area contributed by atoms with Crippen molar-refractivity contribution in [1.29, 1.82) is 0 Å². The van der Waals surface area contributed by atoms with Gasteiger partial charge in [0.15, 0.2) is 11.5 Å². The van der Waals surface area contributed by atoms with E-state index < -0.39 is 0 Å². The molecule has 0 amide bonds. The predicted octanol–water partition coefficient (Wildman–Crippen LogP) is 5.51. The quantitative estimate of drug-likeness (QED) is 0.512. The summed E-state index contributed by atoms with van der Waals surface area (Å²) >= 11 is 7.26. The van der Waals surface area contributed by atoms with Crippen molar-refractivity contribution in [2.75, 3.05) is 12.0 Å². The predicted molar refractivity (Wildman–Crippen MR) is 106 cm³/mol. The highest BCUT2D eigenvalue weighted by molar-refractivity contribution is 9.13. The van der Waals surface area contributed by atoms with E-state index in [0.29, 0.717) is 13.2 Å². The van der Waals surface area contributed by atoms with Crippen LogP contribution in [0.2, 0.25) is 0 Å². The molecule has 0 radical (unpaired) electrons. The first kappa shape index (κ1) is 19.1. The number of hydrogen-bond donors (Lipinski definition) is 2. The number of anilines is 1. The maximum atomic E-state index is 5.90. The molecule has 24 heavy (non-hydrogen) atoms. The van der Waals surface area contributed by atoms with Gasteiger partial charge in [-0.25, -0.2) is 5.43 Å². The van der Waals surface area contributed by atoms with Crippen molar-refractivity contribution in [2.45, 2.75) is 33.4 Å². The summed E-state index contributed by atoms with van der Waals surface area (Å²) in [6.07, 6.45) is 0.0659. The third-order valence-electron chi connectivity index (χ3n) is 3.14. The SMILES string of the molecule is CCOc1cc(CNNc2ccccc2)c(Br)c(Br)c1OC(C)C. The number of hydrogen-bond acceptors (Lipinski definition) is 4. The molecule has 6 heteroatoms. The Hall–Kier alpha value is -1.24. The molecular formula is C18H22Br2N2O2. The molecule has 0 atom stereocenters. The van der Waals surface area contributed by atoms with Crippen molar-refractivity contribution >= 4 is 37.5 Å². The van der Waals surface area contributed by atoms with Gasteiger partial charge in [-0.15, -0.1) is 0 Å². The van der Waals surface area contributed by atoms with E-state index in [1.807, 2.05) is 57.2 Å². The fraction of sp³-hybridized carbons (Fsp3) is 0.333. The summed E-state index contributed by atoms with van der Waals surface area (Å²) in [6, 6.07) is 12.0. The number of halogens is 2. The molecule has 2 aromatic carbocycles. The molecule has 2 rings (SSSR count). The van der Waals surface area contributed by atoms with Gasteiger partial charge in [0.05, 0.1) is 17.2 Å². The molecule has 2 N–H and O–H groups in total. The lowest BCUT2D eigenvalue weighted by Gasteiger charge is -2.19. The zero-order valence-corrected chi connectivity index (χ0v) is 17.2. The maximum Gasteiger partial charge on any atom is 0.176 e. The maximum absolute atomic E-state index is 5.90. The summed E-state index contributed by atoms with van der Waals surface area (Å²) in [6.45, 7) is 7.16. The van der Waals surface area contributed by atoms with Crippen LogP contribution >= 0.6 is 31.9 Å². The van der Waals surface area contributed by atoms with Crippen LogP contribution in [0.3, 0.4) is 0 Å². The summed E-state index contributed by atoms with van der Waals surface area (Å²) in [4.78, 5) is 0. The first-order valence-electron chi connectivity index (χ1n) is 7.87. The lowest BCUT2D eigenvalue weighted by atomic mass is 10.2. The Morgan fingerprint density at radius 1 is 1.08 bits per heavy atom. The van der Waals surface area contributed by atoms with E-state index in [-0.39, 0.29) is 6.10 Å². The number of para-hydroxylation sites is 1. The van der Waals surface area contributed by atoms with Crippen LogP contribution in [0, 0.1) is 0 Å². The van der Waals surface area contributed by atoms with Crippen molar-refractivity contribution in [3.8, 4) is 11.5 Å². The van der Waals surface area contributed by atoms with Gasteiger partial charge in [0.2, 0.25) is 0 Å². The largest absolute Gasteiger partial charge is 0.490 e. The van der Waals surface area contributed by atoms with E-state index in [2.05, 4.69) is 42.7 Å². The molecule has 0 fully saturated rings. The average molecular weight is 458 g/mol. The Labute approximate surface area is 160 Å². The topological polar surface area (TPSA) is 42.5 Å². The zero-order chi connectivity index (χ0) is 17.5. The summed E-state index contributed by atoms with van der Waals surface area (Å²) < 4.78 is 13.5. The first-order chi connectivity index (χ1) is 11.5. The normalized spacial score (nSPS) is 10.8. The highest BCUT2D eigenvalue weighted by atomic mass is 79.9. The van der Waals surface area contributed by atoms with Crippen LogP contribution in [-0.2, 0) is 6.54 Å². The molecule has 0 saturated heterocycles. The van der Waals surface area contributed by atoms with Gasteiger partial charge < -0.3 is 14.9 Å². The summed E-state index contributed by atoms with van der Waals surface area (Å²) in [5.74, 6) is 1.45. The Morgan fingerprint density at radius 3 is 2.42 bits per heavy atom. The molecule has 0 spiro atoms. The van der Waals surface area contributed by atoms with Crippen LogP contribution in [0.15, 0.2) is 45.3 Å². The van der Waals surface area contributed by atoms with Gasteiger partial charge in [-0.2, -0.15) is 0 Å². The van der Waals surface area contributed by atoms with Gasteiger partial charge in [-0.3, -0.25) is 0 Å². The summed E-state index contributed by atoms with van der Waals surface area (Å²) in [5.41, 5.74) is 8.47. The zero-order valence-electron chi connectivity index (χ0n) is 14.0. The van der Waals surface area contributed by atoms with E-state index >= 15 is 0 Å². The number of rotatable bonds is 8. The van der Waals surface area contributed by atoms with Gasteiger partial charge in [0.25, 0.3) is 0 Å².